The number of likely N-dealkylation sites (tertiary alicyclic amines) is 1. The molecule has 1 aromatic heterocycles. The maximum absolute atomic E-state index is 14.5. The van der Waals surface area contributed by atoms with Gasteiger partial charge in [-0.2, -0.15) is 0 Å². The molecular formula is C36H44F2N4O5S. The second-order valence-electron chi connectivity index (χ2n) is 14.3. The van der Waals surface area contributed by atoms with E-state index in [9.17, 15) is 26.8 Å². The Bertz CT molecular complexity index is 1800. The van der Waals surface area contributed by atoms with Gasteiger partial charge in [0, 0.05) is 48.2 Å². The maximum Gasteiger partial charge on any atom is 0.264 e. The van der Waals surface area contributed by atoms with Gasteiger partial charge in [-0.15, -0.1) is 0 Å². The molecule has 2 aliphatic carbocycles. The van der Waals surface area contributed by atoms with Crippen LogP contribution in [0.25, 0.3) is 22.2 Å². The van der Waals surface area contributed by atoms with Crippen LogP contribution in [0.5, 0.6) is 5.75 Å². The molecule has 4 fully saturated rings. The smallest absolute Gasteiger partial charge is 0.264 e. The van der Waals surface area contributed by atoms with Crippen LogP contribution in [0.15, 0.2) is 42.5 Å². The van der Waals surface area contributed by atoms with Crippen molar-refractivity contribution in [2.45, 2.75) is 88.8 Å². The Morgan fingerprint density at radius 1 is 0.979 bits per heavy atom. The van der Waals surface area contributed by atoms with Crippen molar-refractivity contribution in [3.8, 4) is 17.0 Å². The van der Waals surface area contributed by atoms with Crippen LogP contribution in [0.4, 0.5) is 8.78 Å². The normalized spacial score (nSPS) is 22.7. The number of sulfonamides is 1. The van der Waals surface area contributed by atoms with Crippen LogP contribution in [0.2, 0.25) is 0 Å². The van der Waals surface area contributed by atoms with Crippen LogP contribution in [0, 0.1) is 5.41 Å². The van der Waals surface area contributed by atoms with E-state index in [2.05, 4.69) is 21.4 Å². The first kappa shape index (κ1) is 33.0. The highest BCUT2D eigenvalue weighted by atomic mass is 32.2. The Kier molecular flexibility index (Phi) is 8.76. The van der Waals surface area contributed by atoms with Crippen LogP contribution in [-0.4, -0.2) is 86.1 Å². The van der Waals surface area contributed by atoms with Crippen LogP contribution in [0.3, 0.4) is 0 Å². The number of hydrogen-bond acceptors (Lipinski definition) is 6. The number of carbonyl (C=O) groups excluding carboxylic acids is 2. The van der Waals surface area contributed by atoms with E-state index in [-0.39, 0.29) is 29.5 Å². The highest BCUT2D eigenvalue weighted by molar-refractivity contribution is 7.90. The number of nitrogens with one attached hydrogen (secondary N) is 1. The topological polar surface area (TPSA) is 101 Å². The van der Waals surface area contributed by atoms with E-state index in [0.29, 0.717) is 6.54 Å². The van der Waals surface area contributed by atoms with Gasteiger partial charge in [-0.05, 0) is 99.0 Å². The molecule has 2 atom stereocenters. The van der Waals surface area contributed by atoms with Crippen molar-refractivity contribution in [3.63, 3.8) is 0 Å². The number of likely N-dealkylation sites (N-methyl/N-ethyl adjacent to an activating group) is 1. The van der Waals surface area contributed by atoms with Crippen molar-refractivity contribution >= 4 is 32.7 Å². The highest BCUT2D eigenvalue weighted by Gasteiger charge is 2.56. The molecule has 0 spiro atoms. The van der Waals surface area contributed by atoms with E-state index in [0.717, 1.165) is 92.4 Å². The zero-order valence-corrected chi connectivity index (χ0v) is 28.4. The van der Waals surface area contributed by atoms with Crippen molar-refractivity contribution < 1.29 is 31.5 Å². The number of benzene rings is 2. The largest absolute Gasteiger partial charge is 0.497 e. The van der Waals surface area contributed by atoms with Gasteiger partial charge in [0.25, 0.3) is 12.3 Å². The minimum atomic E-state index is -4.53. The first-order chi connectivity index (χ1) is 23.0. The molecule has 9 nitrogen and oxygen atoms in total. The van der Waals surface area contributed by atoms with Crippen LogP contribution < -0.4 is 9.46 Å². The van der Waals surface area contributed by atoms with Crippen molar-refractivity contribution in [1.82, 2.24) is 19.1 Å². The molecule has 2 aromatic carbocycles. The van der Waals surface area contributed by atoms with Gasteiger partial charge in [0.2, 0.25) is 15.9 Å². The van der Waals surface area contributed by atoms with Crippen molar-refractivity contribution in [1.29, 1.82) is 0 Å². The highest BCUT2D eigenvalue weighted by Crippen LogP contribution is 2.53. The molecule has 7 rings (SSSR count). The molecule has 48 heavy (non-hydrogen) atoms. The maximum atomic E-state index is 14.5. The zero-order chi connectivity index (χ0) is 33.8. The fourth-order valence-corrected chi connectivity index (χ4v) is 9.38. The van der Waals surface area contributed by atoms with Gasteiger partial charge in [-0.25, -0.2) is 21.9 Å². The van der Waals surface area contributed by atoms with E-state index in [1.807, 2.05) is 35.1 Å². The van der Waals surface area contributed by atoms with Gasteiger partial charge >= 0.3 is 0 Å². The number of alkyl halides is 2. The number of methoxy groups -OCH3 is 1. The van der Waals surface area contributed by atoms with Gasteiger partial charge in [0.05, 0.1) is 18.2 Å². The van der Waals surface area contributed by atoms with Gasteiger partial charge in [-0.3, -0.25) is 9.59 Å². The molecule has 2 unspecified atom stereocenters. The summed E-state index contributed by atoms with van der Waals surface area (Å²) in [6.45, 7) is 2.18. The van der Waals surface area contributed by atoms with Crippen molar-refractivity contribution in [3.05, 3.63) is 53.6 Å². The van der Waals surface area contributed by atoms with Crippen LogP contribution in [-0.2, 0) is 21.4 Å². The monoisotopic (exact) mass is 682 g/mol. The Morgan fingerprint density at radius 2 is 1.65 bits per heavy atom. The summed E-state index contributed by atoms with van der Waals surface area (Å²) in [4.78, 5) is 32.2. The molecule has 2 aliphatic heterocycles. The Labute approximate surface area is 280 Å². The third kappa shape index (κ3) is 6.21. The lowest BCUT2D eigenvalue weighted by Crippen LogP contribution is -2.56. The van der Waals surface area contributed by atoms with Gasteiger partial charge < -0.3 is 19.1 Å². The number of amides is 2. The fraction of sp³-hybridized carbons (Fsp3) is 0.556. The number of aromatic nitrogens is 1. The van der Waals surface area contributed by atoms with Gasteiger partial charge in [-0.1, -0.05) is 25.3 Å². The van der Waals surface area contributed by atoms with Crippen molar-refractivity contribution in [2.24, 2.45) is 5.41 Å². The molecular weight excluding hydrogens is 638 g/mol. The number of carbonyl (C=O) groups is 2. The van der Waals surface area contributed by atoms with Crippen LogP contribution >= 0.6 is 0 Å². The quantitative estimate of drug-likeness (QED) is 0.291. The van der Waals surface area contributed by atoms with Gasteiger partial charge in [0.1, 0.15) is 11.5 Å². The number of piperazine rings is 1. The molecule has 2 bridgehead atoms. The summed E-state index contributed by atoms with van der Waals surface area (Å²) >= 11 is 0. The predicted octanol–water partition coefficient (Wildman–Crippen LogP) is 5.77. The summed E-state index contributed by atoms with van der Waals surface area (Å²) in [6.07, 6.45) is 5.88. The number of halogens is 2. The summed E-state index contributed by atoms with van der Waals surface area (Å²) in [6, 6.07) is 13.4. The van der Waals surface area contributed by atoms with E-state index >= 15 is 0 Å². The molecule has 0 radical (unpaired) electrons. The van der Waals surface area contributed by atoms with Crippen LogP contribution in [0.1, 0.15) is 79.6 Å². The fourth-order valence-electron chi connectivity index (χ4n) is 8.57. The third-order valence-corrected chi connectivity index (χ3v) is 12.2. The third-order valence-electron chi connectivity index (χ3n) is 11.0. The number of ether oxygens (including phenoxy) is 1. The van der Waals surface area contributed by atoms with E-state index in [1.165, 1.54) is 12.0 Å². The van der Waals surface area contributed by atoms with Crippen molar-refractivity contribution in [2.75, 3.05) is 33.0 Å². The van der Waals surface area contributed by atoms with Gasteiger partial charge in [0.15, 0.2) is 0 Å². The molecule has 12 heteroatoms. The summed E-state index contributed by atoms with van der Waals surface area (Å²) < 4.78 is 59.9. The molecule has 3 aromatic rings. The zero-order valence-electron chi connectivity index (χ0n) is 27.6. The molecule has 1 N–H and O–H groups in total. The summed E-state index contributed by atoms with van der Waals surface area (Å²) in [5.74, 6) is -1.21. The lowest BCUT2D eigenvalue weighted by Gasteiger charge is -2.41. The minimum Gasteiger partial charge on any atom is -0.497 e. The molecule has 258 valence electrons. The molecule has 2 amide bonds. The average molecular weight is 683 g/mol. The standard InChI is InChI=1S/C36H44F2N4O5S/c1-40-19-26-11-12-27(20-40)42(26)35(44)36(16-17-36)22-41-30-18-25(34(43)39-48(45,46)21-31(37)38)10-15-29(30)32(23-6-4-3-5-7-23)33(41)24-8-13-28(47-2)14-9-24/h8-10,13-15,18,23,26-27,31H,3-7,11-12,16-17,19-22H2,1-2H3,(H,39,43). The number of nitrogens with zero attached hydrogens (tertiary/aromatic N) is 3. The second kappa shape index (κ2) is 12.7. The average Bonchev–Trinajstić information content (AvgIpc) is 3.70. The number of hydrogen-bond donors (Lipinski definition) is 1. The summed E-state index contributed by atoms with van der Waals surface area (Å²) in [5, 5.41) is 0.961. The molecule has 2 saturated heterocycles. The SMILES string of the molecule is COc1ccc(-c2c(C3CCCCC3)c3ccc(C(=O)NS(=O)(=O)CC(F)F)cc3n2CC2(C(=O)N3C4CCC3CN(C)C4)CC2)cc1. The minimum absolute atomic E-state index is 0.0591. The first-order valence-corrected chi connectivity index (χ1v) is 18.8. The lowest BCUT2D eigenvalue weighted by atomic mass is 9.81. The number of rotatable bonds is 10. The Balaban J connectivity index is 1.36. The molecule has 4 aliphatic rings. The summed E-state index contributed by atoms with van der Waals surface area (Å²) in [5.41, 5.74) is 3.37. The second-order valence-corrected chi connectivity index (χ2v) is 16.1. The van der Waals surface area contributed by atoms with E-state index in [1.54, 1.807) is 19.2 Å². The molecule has 3 heterocycles. The summed E-state index contributed by atoms with van der Waals surface area (Å²) in [7, 11) is -0.790. The number of fused-ring (bicyclic) bond motifs is 3. The molecule has 2 saturated carbocycles. The van der Waals surface area contributed by atoms with E-state index < -0.39 is 33.5 Å². The lowest BCUT2D eigenvalue weighted by molar-refractivity contribution is -0.143. The first-order valence-electron chi connectivity index (χ1n) is 17.1. The Morgan fingerprint density at radius 3 is 2.25 bits per heavy atom. The Hall–Kier alpha value is -3.51. The predicted molar refractivity (Wildman–Crippen MR) is 180 cm³/mol. The van der Waals surface area contributed by atoms with E-state index in [4.69, 9.17) is 4.74 Å².